The van der Waals surface area contributed by atoms with Gasteiger partial charge in [-0.05, 0) is 50.1 Å². The number of nitrogens with one attached hydrogen (secondary N) is 1. The topological polar surface area (TPSA) is 54.5 Å². The van der Waals surface area contributed by atoms with Gasteiger partial charge in [0, 0.05) is 37.0 Å². The van der Waals surface area contributed by atoms with E-state index in [2.05, 4.69) is 21.3 Å². The normalized spacial score (nSPS) is 17.4. The van der Waals surface area contributed by atoms with Gasteiger partial charge in [0.2, 0.25) is 0 Å². The Labute approximate surface area is 149 Å². The van der Waals surface area contributed by atoms with Gasteiger partial charge in [-0.3, -0.25) is 14.7 Å². The molecule has 0 unspecified atom stereocenters. The Morgan fingerprint density at radius 1 is 1.32 bits per heavy atom. The third kappa shape index (κ3) is 4.37. The van der Waals surface area contributed by atoms with Crippen LogP contribution in [0, 0.1) is 12.8 Å². The Morgan fingerprint density at radius 3 is 2.96 bits per heavy atom. The predicted octanol–water partition coefficient (Wildman–Crippen LogP) is 2.65. The van der Waals surface area contributed by atoms with E-state index in [0.717, 1.165) is 43.1 Å². The number of likely N-dealkylation sites (tertiary alicyclic amines) is 1. The minimum atomic E-state index is -0.0282. The maximum Gasteiger partial charge on any atom is 0.251 e. The Kier molecular flexibility index (Phi) is 5.66. The van der Waals surface area contributed by atoms with Crippen molar-refractivity contribution in [1.29, 1.82) is 0 Å². The van der Waals surface area contributed by atoms with Crippen LogP contribution in [0.3, 0.4) is 0 Å². The lowest BCUT2D eigenvalue weighted by molar-refractivity contribution is 0.0946. The number of ether oxygens (including phenoxy) is 1. The lowest BCUT2D eigenvalue weighted by Gasteiger charge is -2.16. The fourth-order valence-corrected chi connectivity index (χ4v) is 3.36. The first-order valence-electron chi connectivity index (χ1n) is 8.71. The summed E-state index contributed by atoms with van der Waals surface area (Å²) >= 11 is 0. The van der Waals surface area contributed by atoms with Gasteiger partial charge in [-0.2, -0.15) is 0 Å². The molecule has 1 atom stereocenters. The third-order valence-electron chi connectivity index (χ3n) is 4.78. The highest BCUT2D eigenvalue weighted by Gasteiger charge is 2.23. The molecule has 25 heavy (non-hydrogen) atoms. The summed E-state index contributed by atoms with van der Waals surface area (Å²) in [6.07, 6.45) is 2.93. The Hall–Kier alpha value is -2.40. The van der Waals surface area contributed by atoms with Crippen LogP contribution in [0.5, 0.6) is 5.75 Å². The zero-order chi connectivity index (χ0) is 17.6. The molecule has 1 saturated heterocycles. The highest BCUT2D eigenvalue weighted by molar-refractivity contribution is 5.96. The molecule has 5 nitrogen and oxygen atoms in total. The first-order valence-corrected chi connectivity index (χ1v) is 8.71. The molecule has 1 aliphatic heterocycles. The van der Waals surface area contributed by atoms with Crippen molar-refractivity contribution in [2.75, 3.05) is 26.7 Å². The van der Waals surface area contributed by atoms with E-state index in [1.54, 1.807) is 7.11 Å². The molecule has 1 aliphatic rings. The van der Waals surface area contributed by atoms with Crippen molar-refractivity contribution in [3.05, 3.63) is 59.4 Å². The van der Waals surface area contributed by atoms with E-state index in [-0.39, 0.29) is 5.91 Å². The number of carbonyl (C=O) groups excluding carboxylic acids is 1. The van der Waals surface area contributed by atoms with Gasteiger partial charge < -0.3 is 10.1 Å². The average Bonchev–Trinajstić information content (AvgIpc) is 3.08. The number of methoxy groups -OCH3 is 1. The number of benzene rings is 1. The molecule has 2 aromatic rings. The van der Waals surface area contributed by atoms with E-state index >= 15 is 0 Å². The first-order chi connectivity index (χ1) is 12.2. The minimum absolute atomic E-state index is 0.0282. The number of hydrogen-bond acceptors (Lipinski definition) is 4. The molecular weight excluding hydrogens is 314 g/mol. The first kappa shape index (κ1) is 17.4. The van der Waals surface area contributed by atoms with Gasteiger partial charge in [0.1, 0.15) is 5.75 Å². The summed E-state index contributed by atoms with van der Waals surface area (Å²) in [5, 5.41) is 3.08. The minimum Gasteiger partial charge on any atom is -0.496 e. The second-order valence-corrected chi connectivity index (χ2v) is 6.55. The molecule has 1 aromatic heterocycles. The fourth-order valence-electron chi connectivity index (χ4n) is 3.36. The van der Waals surface area contributed by atoms with Gasteiger partial charge >= 0.3 is 0 Å². The Balaban J connectivity index is 1.50. The molecule has 3 rings (SSSR count). The smallest absolute Gasteiger partial charge is 0.251 e. The molecule has 0 bridgehead atoms. The van der Waals surface area contributed by atoms with Crippen molar-refractivity contribution < 1.29 is 9.53 Å². The van der Waals surface area contributed by atoms with Gasteiger partial charge in [-0.25, -0.2) is 0 Å². The highest BCUT2D eigenvalue weighted by atomic mass is 16.5. The van der Waals surface area contributed by atoms with Crippen molar-refractivity contribution in [2.45, 2.75) is 19.9 Å². The van der Waals surface area contributed by atoms with Crippen LogP contribution in [-0.4, -0.2) is 42.5 Å². The molecule has 0 aliphatic carbocycles. The lowest BCUT2D eigenvalue weighted by Crippen LogP contribution is -2.31. The van der Waals surface area contributed by atoms with Crippen LogP contribution < -0.4 is 10.1 Å². The number of hydrogen-bond donors (Lipinski definition) is 1. The molecule has 0 radical (unpaired) electrons. The molecule has 5 heteroatoms. The molecule has 1 N–H and O–H groups in total. The maximum absolute atomic E-state index is 12.5. The largest absolute Gasteiger partial charge is 0.496 e. The van der Waals surface area contributed by atoms with E-state index in [1.807, 2.05) is 43.5 Å². The molecule has 1 fully saturated rings. The highest BCUT2D eigenvalue weighted by Crippen LogP contribution is 2.21. The molecule has 0 spiro atoms. The number of aromatic nitrogens is 1. The molecular formula is C20H25N3O2. The summed E-state index contributed by atoms with van der Waals surface area (Å²) < 4.78 is 5.29. The lowest BCUT2D eigenvalue weighted by atomic mass is 10.1. The van der Waals surface area contributed by atoms with Crippen LogP contribution in [0.25, 0.3) is 0 Å². The zero-order valence-electron chi connectivity index (χ0n) is 14.9. The van der Waals surface area contributed by atoms with Crippen molar-refractivity contribution in [2.24, 2.45) is 5.92 Å². The maximum atomic E-state index is 12.5. The van der Waals surface area contributed by atoms with E-state index in [4.69, 9.17) is 4.74 Å². The summed E-state index contributed by atoms with van der Waals surface area (Å²) in [6.45, 7) is 5.54. The fraction of sp³-hybridized carbons (Fsp3) is 0.400. The standard InChI is InChI=1S/C20H25N3O2/c1-15-18(7-5-8-19(15)25-2)20(24)22-12-16-9-11-23(13-16)14-17-6-3-4-10-21-17/h3-8,10,16H,9,11-14H2,1-2H3,(H,22,24)/t16-/m1/s1. The number of pyridine rings is 1. The molecule has 1 aromatic carbocycles. The van der Waals surface area contributed by atoms with E-state index in [0.29, 0.717) is 18.0 Å². The zero-order valence-corrected chi connectivity index (χ0v) is 14.9. The van der Waals surface area contributed by atoms with E-state index in [9.17, 15) is 4.79 Å². The van der Waals surface area contributed by atoms with Crippen molar-refractivity contribution in [1.82, 2.24) is 15.2 Å². The average molecular weight is 339 g/mol. The van der Waals surface area contributed by atoms with Gasteiger partial charge in [0.05, 0.1) is 12.8 Å². The van der Waals surface area contributed by atoms with Crippen molar-refractivity contribution in [3.63, 3.8) is 0 Å². The molecule has 1 amide bonds. The van der Waals surface area contributed by atoms with Crippen LogP contribution >= 0.6 is 0 Å². The quantitative estimate of drug-likeness (QED) is 0.879. The Bertz CT molecular complexity index is 718. The van der Waals surface area contributed by atoms with Crippen LogP contribution in [-0.2, 0) is 6.54 Å². The van der Waals surface area contributed by atoms with Crippen LogP contribution in [0.15, 0.2) is 42.6 Å². The summed E-state index contributed by atoms with van der Waals surface area (Å²) in [4.78, 5) is 19.3. The van der Waals surface area contributed by atoms with Crippen LogP contribution in [0.2, 0.25) is 0 Å². The van der Waals surface area contributed by atoms with E-state index in [1.165, 1.54) is 0 Å². The predicted molar refractivity (Wildman–Crippen MR) is 97.7 cm³/mol. The number of carbonyl (C=O) groups is 1. The monoisotopic (exact) mass is 339 g/mol. The number of rotatable bonds is 6. The second-order valence-electron chi connectivity index (χ2n) is 6.55. The number of nitrogens with zero attached hydrogens (tertiary/aromatic N) is 2. The van der Waals surface area contributed by atoms with Crippen LogP contribution in [0.4, 0.5) is 0 Å². The molecule has 2 heterocycles. The van der Waals surface area contributed by atoms with E-state index < -0.39 is 0 Å². The SMILES string of the molecule is COc1cccc(C(=O)NC[C@H]2CCN(Cc3ccccn3)C2)c1C. The van der Waals surface area contributed by atoms with Gasteiger partial charge in [0.25, 0.3) is 5.91 Å². The van der Waals surface area contributed by atoms with Crippen LogP contribution in [0.1, 0.15) is 28.0 Å². The molecule has 132 valence electrons. The van der Waals surface area contributed by atoms with Gasteiger partial charge in [-0.1, -0.05) is 12.1 Å². The van der Waals surface area contributed by atoms with Gasteiger partial charge in [0.15, 0.2) is 0 Å². The second kappa shape index (κ2) is 8.12. The Morgan fingerprint density at radius 2 is 2.20 bits per heavy atom. The third-order valence-corrected chi connectivity index (χ3v) is 4.78. The van der Waals surface area contributed by atoms with Crippen molar-refractivity contribution in [3.8, 4) is 5.75 Å². The van der Waals surface area contributed by atoms with Crippen molar-refractivity contribution >= 4 is 5.91 Å². The summed E-state index contributed by atoms with van der Waals surface area (Å²) in [5.41, 5.74) is 2.66. The van der Waals surface area contributed by atoms with Gasteiger partial charge in [-0.15, -0.1) is 0 Å². The summed E-state index contributed by atoms with van der Waals surface area (Å²) in [5.74, 6) is 1.20. The summed E-state index contributed by atoms with van der Waals surface area (Å²) in [7, 11) is 1.62. The molecule has 0 saturated carbocycles. The summed E-state index contributed by atoms with van der Waals surface area (Å²) in [6, 6.07) is 11.6. The number of amides is 1.